The molecule has 1 atom stereocenters. The Labute approximate surface area is 131 Å². The van der Waals surface area contributed by atoms with Crippen molar-refractivity contribution in [2.75, 3.05) is 26.2 Å². The molecule has 0 amide bonds. The van der Waals surface area contributed by atoms with E-state index in [2.05, 4.69) is 10.2 Å². The fourth-order valence-corrected chi connectivity index (χ4v) is 4.13. The average Bonchev–Trinajstić information content (AvgIpc) is 2.53. The Morgan fingerprint density at radius 1 is 1.14 bits per heavy atom. The number of halogens is 2. The highest BCUT2D eigenvalue weighted by Crippen LogP contribution is 2.41. The van der Waals surface area contributed by atoms with Crippen LogP contribution in [-0.2, 0) is 0 Å². The summed E-state index contributed by atoms with van der Waals surface area (Å²) in [6, 6.07) is 5.10. The lowest BCUT2D eigenvalue weighted by molar-refractivity contribution is 0.103. The molecule has 1 aliphatic carbocycles. The third kappa shape index (κ3) is 3.58. The van der Waals surface area contributed by atoms with E-state index in [0.717, 1.165) is 31.7 Å². The number of nitrogens with zero attached hydrogens (tertiary/aromatic N) is 1. The van der Waals surface area contributed by atoms with Crippen molar-refractivity contribution in [2.45, 2.75) is 38.1 Å². The van der Waals surface area contributed by atoms with Crippen LogP contribution in [0.25, 0.3) is 0 Å². The van der Waals surface area contributed by atoms with E-state index in [1.165, 1.54) is 38.2 Å². The van der Waals surface area contributed by atoms with Gasteiger partial charge in [0.05, 0.1) is 0 Å². The van der Waals surface area contributed by atoms with Crippen molar-refractivity contribution >= 4 is 11.6 Å². The molecule has 1 aliphatic heterocycles. The van der Waals surface area contributed by atoms with Gasteiger partial charge in [-0.15, -0.1) is 0 Å². The van der Waals surface area contributed by atoms with Gasteiger partial charge in [-0.05, 0) is 42.5 Å². The first-order valence-electron chi connectivity index (χ1n) is 8.15. The maximum atomic E-state index is 13.8. The molecule has 0 spiro atoms. The van der Waals surface area contributed by atoms with Crippen LogP contribution in [0.5, 0.6) is 0 Å². The Hall–Kier alpha value is -0.640. The fourth-order valence-electron chi connectivity index (χ4n) is 3.90. The summed E-state index contributed by atoms with van der Waals surface area (Å²) in [5.41, 5.74) is 0.991. The molecule has 3 rings (SSSR count). The summed E-state index contributed by atoms with van der Waals surface area (Å²) in [7, 11) is 0. The van der Waals surface area contributed by atoms with Gasteiger partial charge in [0.1, 0.15) is 5.82 Å². The molecule has 1 aromatic carbocycles. The fraction of sp³-hybridized carbons (Fsp3) is 0.647. The summed E-state index contributed by atoms with van der Waals surface area (Å²) in [5, 5.41) is 4.11. The molecule has 2 aliphatic rings. The van der Waals surface area contributed by atoms with Gasteiger partial charge < -0.3 is 5.32 Å². The lowest BCUT2D eigenvalue weighted by Gasteiger charge is -2.41. The van der Waals surface area contributed by atoms with E-state index in [1.807, 2.05) is 0 Å². The number of hydrogen-bond donors (Lipinski definition) is 1. The first-order chi connectivity index (χ1) is 10.3. The summed E-state index contributed by atoms with van der Waals surface area (Å²) in [6.45, 7) is 4.06. The quantitative estimate of drug-likeness (QED) is 0.907. The Bertz CT molecular complexity index is 450. The van der Waals surface area contributed by atoms with E-state index in [0.29, 0.717) is 10.9 Å². The number of rotatable bonds is 3. The SMILES string of the molecule is Fc1ccc(Cl)c([C@H](C2CCCCC2)N2CCNCC2)c1. The van der Waals surface area contributed by atoms with Crippen LogP contribution in [0.3, 0.4) is 0 Å². The van der Waals surface area contributed by atoms with Crippen LogP contribution in [0.4, 0.5) is 4.39 Å². The largest absolute Gasteiger partial charge is 0.314 e. The van der Waals surface area contributed by atoms with Crippen LogP contribution in [0.15, 0.2) is 18.2 Å². The van der Waals surface area contributed by atoms with Crippen LogP contribution < -0.4 is 5.32 Å². The zero-order valence-corrected chi connectivity index (χ0v) is 13.2. The van der Waals surface area contributed by atoms with Crippen molar-refractivity contribution in [3.05, 3.63) is 34.6 Å². The molecule has 0 bridgehead atoms. The van der Waals surface area contributed by atoms with Gasteiger partial charge in [-0.2, -0.15) is 0 Å². The van der Waals surface area contributed by atoms with Crippen molar-refractivity contribution < 1.29 is 4.39 Å². The lowest BCUT2D eigenvalue weighted by Crippen LogP contribution is -2.47. The molecule has 1 saturated carbocycles. The topological polar surface area (TPSA) is 15.3 Å². The van der Waals surface area contributed by atoms with E-state index < -0.39 is 0 Å². The maximum absolute atomic E-state index is 13.8. The number of benzene rings is 1. The number of piperazine rings is 1. The van der Waals surface area contributed by atoms with Gasteiger partial charge in [0, 0.05) is 37.2 Å². The highest BCUT2D eigenvalue weighted by Gasteiger charge is 2.32. The van der Waals surface area contributed by atoms with Crippen molar-refractivity contribution in [2.24, 2.45) is 5.92 Å². The van der Waals surface area contributed by atoms with Gasteiger partial charge in [0.2, 0.25) is 0 Å². The first-order valence-corrected chi connectivity index (χ1v) is 8.53. The molecule has 21 heavy (non-hydrogen) atoms. The lowest BCUT2D eigenvalue weighted by atomic mass is 9.80. The zero-order chi connectivity index (χ0) is 14.7. The monoisotopic (exact) mass is 310 g/mol. The molecule has 4 heteroatoms. The molecule has 1 aromatic rings. The molecular weight excluding hydrogens is 287 g/mol. The van der Waals surface area contributed by atoms with Crippen LogP contribution in [0, 0.1) is 11.7 Å². The predicted molar refractivity (Wildman–Crippen MR) is 85.2 cm³/mol. The minimum absolute atomic E-state index is 0.176. The second kappa shape index (κ2) is 7.08. The zero-order valence-electron chi connectivity index (χ0n) is 12.5. The van der Waals surface area contributed by atoms with Crippen molar-refractivity contribution in [3.63, 3.8) is 0 Å². The Kier molecular flexibility index (Phi) is 5.15. The first kappa shape index (κ1) is 15.3. The second-order valence-electron chi connectivity index (χ2n) is 6.29. The van der Waals surface area contributed by atoms with E-state index in [4.69, 9.17) is 11.6 Å². The van der Waals surface area contributed by atoms with Gasteiger partial charge in [0.15, 0.2) is 0 Å². The Balaban J connectivity index is 1.91. The number of hydrogen-bond acceptors (Lipinski definition) is 2. The van der Waals surface area contributed by atoms with E-state index in [1.54, 1.807) is 12.1 Å². The highest BCUT2D eigenvalue weighted by molar-refractivity contribution is 6.31. The van der Waals surface area contributed by atoms with Crippen molar-refractivity contribution in [3.8, 4) is 0 Å². The number of nitrogens with one attached hydrogen (secondary N) is 1. The highest BCUT2D eigenvalue weighted by atomic mass is 35.5. The summed E-state index contributed by atoms with van der Waals surface area (Å²) >= 11 is 6.42. The summed E-state index contributed by atoms with van der Waals surface area (Å²) in [5.74, 6) is 0.432. The minimum atomic E-state index is -0.176. The van der Waals surface area contributed by atoms with Gasteiger partial charge in [-0.25, -0.2) is 4.39 Å². The van der Waals surface area contributed by atoms with Gasteiger partial charge in [-0.1, -0.05) is 30.9 Å². The predicted octanol–water partition coefficient (Wildman–Crippen LogP) is 4.01. The minimum Gasteiger partial charge on any atom is -0.314 e. The van der Waals surface area contributed by atoms with Crippen molar-refractivity contribution in [1.29, 1.82) is 0 Å². The standard InChI is InChI=1S/C17H24ClFN2/c18-16-7-6-14(19)12-15(16)17(13-4-2-1-3-5-13)21-10-8-20-9-11-21/h6-7,12-13,17,20H,1-5,8-11H2/t17-/m0/s1. The van der Waals surface area contributed by atoms with Crippen LogP contribution in [0.1, 0.15) is 43.7 Å². The van der Waals surface area contributed by atoms with E-state index >= 15 is 0 Å². The third-order valence-corrected chi connectivity index (χ3v) is 5.26. The molecule has 1 heterocycles. The molecular formula is C17H24ClFN2. The molecule has 1 saturated heterocycles. The van der Waals surface area contributed by atoms with Crippen LogP contribution in [-0.4, -0.2) is 31.1 Å². The molecule has 0 radical (unpaired) electrons. The molecule has 0 unspecified atom stereocenters. The summed E-state index contributed by atoms with van der Waals surface area (Å²) < 4.78 is 13.8. The van der Waals surface area contributed by atoms with Gasteiger partial charge >= 0.3 is 0 Å². The van der Waals surface area contributed by atoms with Crippen molar-refractivity contribution in [1.82, 2.24) is 10.2 Å². The van der Waals surface area contributed by atoms with Gasteiger partial charge in [-0.3, -0.25) is 4.90 Å². The molecule has 2 fully saturated rings. The molecule has 1 N–H and O–H groups in total. The van der Waals surface area contributed by atoms with Crippen LogP contribution >= 0.6 is 11.6 Å². The van der Waals surface area contributed by atoms with Gasteiger partial charge in [0.25, 0.3) is 0 Å². The Morgan fingerprint density at radius 3 is 2.57 bits per heavy atom. The molecule has 2 nitrogen and oxygen atoms in total. The normalized spacial score (nSPS) is 23.1. The summed E-state index contributed by atoms with van der Waals surface area (Å²) in [6.07, 6.45) is 6.39. The second-order valence-corrected chi connectivity index (χ2v) is 6.70. The molecule has 116 valence electrons. The average molecular weight is 311 g/mol. The van der Waals surface area contributed by atoms with E-state index in [9.17, 15) is 4.39 Å². The molecule has 0 aromatic heterocycles. The smallest absolute Gasteiger partial charge is 0.123 e. The summed E-state index contributed by atoms with van der Waals surface area (Å²) in [4.78, 5) is 2.51. The third-order valence-electron chi connectivity index (χ3n) is 4.92. The van der Waals surface area contributed by atoms with E-state index in [-0.39, 0.29) is 11.9 Å². The maximum Gasteiger partial charge on any atom is 0.123 e. The Morgan fingerprint density at radius 2 is 1.86 bits per heavy atom. The van der Waals surface area contributed by atoms with Crippen LogP contribution in [0.2, 0.25) is 5.02 Å².